The summed E-state index contributed by atoms with van der Waals surface area (Å²) in [6.07, 6.45) is 2.04. The third-order valence-electron chi connectivity index (χ3n) is 2.73. The van der Waals surface area contributed by atoms with Gasteiger partial charge in [-0.25, -0.2) is 9.78 Å². The van der Waals surface area contributed by atoms with Crippen LogP contribution >= 0.6 is 0 Å². The first-order valence-corrected chi connectivity index (χ1v) is 5.86. The molecule has 0 spiro atoms. The molecule has 5 heteroatoms. The van der Waals surface area contributed by atoms with Crippen LogP contribution in [0.2, 0.25) is 0 Å². The van der Waals surface area contributed by atoms with Gasteiger partial charge >= 0.3 is 5.97 Å². The monoisotopic (exact) mass is 261 g/mol. The maximum Gasteiger partial charge on any atom is 0.360 e. The Morgan fingerprint density at radius 2 is 2.21 bits per heavy atom. The van der Waals surface area contributed by atoms with Crippen molar-refractivity contribution >= 4 is 5.97 Å². The Morgan fingerprint density at radius 3 is 2.95 bits per heavy atom. The number of benzene rings is 1. The second kappa shape index (κ2) is 6.15. The van der Waals surface area contributed by atoms with Crippen LogP contribution in [0.5, 0.6) is 0 Å². The quantitative estimate of drug-likeness (QED) is 0.773. The van der Waals surface area contributed by atoms with E-state index in [0.717, 1.165) is 17.5 Å². The zero-order valence-electron chi connectivity index (χ0n) is 10.9. The van der Waals surface area contributed by atoms with Crippen LogP contribution in [0.4, 0.5) is 0 Å². The van der Waals surface area contributed by atoms with Gasteiger partial charge in [-0.2, -0.15) is 0 Å². The molecule has 0 unspecified atom stereocenters. The number of carbonyl (C=O) groups excluding carboxylic acids is 1. The minimum absolute atomic E-state index is 0.186. The molecule has 2 rings (SSSR count). The number of nitrogens with zero attached hydrogens (tertiary/aromatic N) is 1. The molecule has 0 aliphatic carbocycles. The van der Waals surface area contributed by atoms with E-state index in [1.165, 1.54) is 13.5 Å². The van der Waals surface area contributed by atoms with Gasteiger partial charge in [0.15, 0.2) is 17.8 Å². The lowest BCUT2D eigenvalue weighted by Crippen LogP contribution is -2.03. The molecular formula is C14H15NO4. The normalized spacial score (nSPS) is 10.4. The van der Waals surface area contributed by atoms with Crippen LogP contribution in [-0.2, 0) is 15.9 Å². The molecule has 1 aromatic carbocycles. The summed E-state index contributed by atoms with van der Waals surface area (Å²) in [5.74, 6) is -0.0860. The van der Waals surface area contributed by atoms with Crippen molar-refractivity contribution in [3.63, 3.8) is 0 Å². The predicted octanol–water partition coefficient (Wildman–Crippen LogP) is 2.32. The van der Waals surface area contributed by atoms with Gasteiger partial charge in [0.2, 0.25) is 0 Å². The number of ether oxygens (including phenoxy) is 2. The molecule has 0 aliphatic rings. The molecule has 0 N–H and O–H groups in total. The Balaban J connectivity index is 2.31. The standard InChI is InChI=1S/C14H15NO4/c1-17-7-6-10-4-3-5-11(8-10)13-12(14(16)18-2)15-9-19-13/h3-5,8-9H,6-7H2,1-2H3. The van der Waals surface area contributed by atoms with Gasteiger partial charge in [-0.3, -0.25) is 0 Å². The molecular weight excluding hydrogens is 246 g/mol. The molecule has 0 radical (unpaired) electrons. The highest BCUT2D eigenvalue weighted by molar-refractivity contribution is 5.93. The van der Waals surface area contributed by atoms with Crippen LogP contribution < -0.4 is 0 Å². The summed E-state index contributed by atoms with van der Waals surface area (Å²) in [7, 11) is 2.98. The summed E-state index contributed by atoms with van der Waals surface area (Å²) in [4.78, 5) is 15.5. The minimum atomic E-state index is -0.508. The van der Waals surface area contributed by atoms with Crippen molar-refractivity contribution in [3.8, 4) is 11.3 Å². The third kappa shape index (κ3) is 3.00. The summed E-state index contributed by atoms with van der Waals surface area (Å²) in [5.41, 5.74) is 2.09. The number of hydrogen-bond donors (Lipinski definition) is 0. The first-order chi connectivity index (χ1) is 9.26. The predicted molar refractivity (Wildman–Crippen MR) is 68.9 cm³/mol. The van der Waals surface area contributed by atoms with E-state index in [1.54, 1.807) is 7.11 Å². The van der Waals surface area contributed by atoms with Gasteiger partial charge in [-0.05, 0) is 18.1 Å². The van der Waals surface area contributed by atoms with Gasteiger partial charge in [0.1, 0.15) is 0 Å². The first-order valence-electron chi connectivity index (χ1n) is 5.86. The third-order valence-corrected chi connectivity index (χ3v) is 2.73. The molecule has 100 valence electrons. The first kappa shape index (κ1) is 13.3. The molecule has 0 amide bonds. The maximum absolute atomic E-state index is 11.6. The van der Waals surface area contributed by atoms with Crippen molar-refractivity contribution < 1.29 is 18.7 Å². The number of hydrogen-bond acceptors (Lipinski definition) is 5. The molecule has 0 aliphatic heterocycles. The van der Waals surface area contributed by atoms with Gasteiger partial charge < -0.3 is 13.9 Å². The van der Waals surface area contributed by atoms with Gasteiger partial charge in [0.25, 0.3) is 0 Å². The average molecular weight is 261 g/mol. The lowest BCUT2D eigenvalue weighted by Gasteiger charge is -2.04. The summed E-state index contributed by atoms with van der Waals surface area (Å²) in [6.45, 7) is 0.643. The molecule has 0 saturated heterocycles. The second-order valence-corrected chi connectivity index (χ2v) is 3.96. The Morgan fingerprint density at radius 1 is 1.37 bits per heavy atom. The summed E-state index contributed by atoms with van der Waals surface area (Å²) in [6, 6.07) is 7.72. The largest absolute Gasteiger partial charge is 0.464 e. The topological polar surface area (TPSA) is 61.6 Å². The van der Waals surface area contributed by atoms with Crippen LogP contribution in [0.3, 0.4) is 0 Å². The van der Waals surface area contributed by atoms with Gasteiger partial charge in [0.05, 0.1) is 13.7 Å². The van der Waals surface area contributed by atoms with Crippen molar-refractivity contribution in [1.29, 1.82) is 0 Å². The van der Waals surface area contributed by atoms with E-state index in [2.05, 4.69) is 9.72 Å². The van der Waals surface area contributed by atoms with E-state index in [-0.39, 0.29) is 5.69 Å². The van der Waals surface area contributed by atoms with E-state index in [9.17, 15) is 4.79 Å². The van der Waals surface area contributed by atoms with Crippen LogP contribution in [0.1, 0.15) is 16.1 Å². The highest BCUT2D eigenvalue weighted by Crippen LogP contribution is 2.24. The Labute approximate surface area is 111 Å². The van der Waals surface area contributed by atoms with Crippen LogP contribution in [0.25, 0.3) is 11.3 Å². The van der Waals surface area contributed by atoms with E-state index in [0.29, 0.717) is 12.4 Å². The number of methoxy groups -OCH3 is 2. The van der Waals surface area contributed by atoms with E-state index < -0.39 is 5.97 Å². The van der Waals surface area contributed by atoms with E-state index in [4.69, 9.17) is 9.15 Å². The lowest BCUT2D eigenvalue weighted by molar-refractivity contribution is 0.0595. The Hall–Kier alpha value is -2.14. The fraction of sp³-hybridized carbons (Fsp3) is 0.286. The van der Waals surface area contributed by atoms with Gasteiger partial charge in [0, 0.05) is 12.7 Å². The van der Waals surface area contributed by atoms with Crippen LogP contribution in [-0.4, -0.2) is 31.8 Å². The van der Waals surface area contributed by atoms with Crippen molar-refractivity contribution in [2.75, 3.05) is 20.8 Å². The van der Waals surface area contributed by atoms with Crippen LogP contribution in [0.15, 0.2) is 35.1 Å². The molecule has 19 heavy (non-hydrogen) atoms. The van der Waals surface area contributed by atoms with Crippen molar-refractivity contribution in [1.82, 2.24) is 4.98 Å². The van der Waals surface area contributed by atoms with Crippen LogP contribution in [0, 0.1) is 0 Å². The van der Waals surface area contributed by atoms with Gasteiger partial charge in [-0.1, -0.05) is 18.2 Å². The van der Waals surface area contributed by atoms with Crippen molar-refractivity contribution in [2.24, 2.45) is 0 Å². The van der Waals surface area contributed by atoms with Crippen molar-refractivity contribution in [3.05, 3.63) is 41.9 Å². The fourth-order valence-corrected chi connectivity index (χ4v) is 1.78. The minimum Gasteiger partial charge on any atom is -0.464 e. The molecule has 0 atom stereocenters. The number of esters is 1. The molecule has 0 bridgehead atoms. The maximum atomic E-state index is 11.6. The number of aromatic nitrogens is 1. The lowest BCUT2D eigenvalue weighted by atomic mass is 10.1. The Bertz CT molecular complexity index is 562. The molecule has 5 nitrogen and oxygen atoms in total. The molecule has 0 fully saturated rings. The zero-order valence-corrected chi connectivity index (χ0v) is 10.9. The summed E-state index contributed by atoms with van der Waals surface area (Å²) < 4.78 is 15.0. The average Bonchev–Trinajstić information content (AvgIpc) is 2.94. The zero-order chi connectivity index (χ0) is 13.7. The summed E-state index contributed by atoms with van der Waals surface area (Å²) in [5, 5.41) is 0. The van der Waals surface area contributed by atoms with E-state index >= 15 is 0 Å². The SMILES string of the molecule is COCCc1cccc(-c2ocnc2C(=O)OC)c1. The highest BCUT2D eigenvalue weighted by Gasteiger charge is 2.18. The molecule has 1 heterocycles. The second-order valence-electron chi connectivity index (χ2n) is 3.96. The smallest absolute Gasteiger partial charge is 0.360 e. The number of rotatable bonds is 5. The molecule has 0 saturated carbocycles. The Kier molecular flexibility index (Phi) is 4.30. The van der Waals surface area contributed by atoms with Gasteiger partial charge in [-0.15, -0.1) is 0 Å². The summed E-state index contributed by atoms with van der Waals surface area (Å²) >= 11 is 0. The van der Waals surface area contributed by atoms with E-state index in [1.807, 2.05) is 24.3 Å². The number of oxazole rings is 1. The molecule has 1 aromatic heterocycles. The highest BCUT2D eigenvalue weighted by atomic mass is 16.5. The fourth-order valence-electron chi connectivity index (χ4n) is 1.78. The molecule has 2 aromatic rings. The number of carbonyl (C=O) groups is 1. The van der Waals surface area contributed by atoms with Crippen molar-refractivity contribution in [2.45, 2.75) is 6.42 Å².